The molecule has 2 rings (SSSR count). The molecule has 1 atom stereocenters. The molecular weight excluding hydrogens is 282 g/mol. The lowest BCUT2D eigenvalue weighted by Gasteiger charge is -2.37. The molecule has 1 aliphatic heterocycles. The SMILES string of the molecule is COCCCNC(=O)[C@@H](C)N1CCN(c2cnccn2)CC1. The zero-order valence-electron chi connectivity index (χ0n) is 13.4. The van der Waals surface area contributed by atoms with Crippen LogP contribution in [0.4, 0.5) is 5.82 Å². The van der Waals surface area contributed by atoms with E-state index in [1.54, 1.807) is 25.7 Å². The van der Waals surface area contributed by atoms with Crippen molar-refractivity contribution in [1.82, 2.24) is 20.2 Å². The zero-order valence-corrected chi connectivity index (χ0v) is 13.4. The van der Waals surface area contributed by atoms with Crippen molar-refractivity contribution in [3.05, 3.63) is 18.6 Å². The number of hydrogen-bond donors (Lipinski definition) is 1. The molecule has 7 nitrogen and oxygen atoms in total. The van der Waals surface area contributed by atoms with Crippen LogP contribution in [-0.2, 0) is 9.53 Å². The maximum atomic E-state index is 12.1. The van der Waals surface area contributed by atoms with E-state index in [0.29, 0.717) is 13.2 Å². The zero-order chi connectivity index (χ0) is 15.8. The van der Waals surface area contributed by atoms with Gasteiger partial charge in [-0.15, -0.1) is 0 Å². The highest BCUT2D eigenvalue weighted by Crippen LogP contribution is 2.13. The molecular formula is C15H25N5O2. The number of piperazine rings is 1. The number of aromatic nitrogens is 2. The number of carbonyl (C=O) groups is 1. The first-order valence-corrected chi connectivity index (χ1v) is 7.74. The summed E-state index contributed by atoms with van der Waals surface area (Å²) in [5.74, 6) is 0.989. The summed E-state index contributed by atoms with van der Waals surface area (Å²) in [6.45, 7) is 6.72. The van der Waals surface area contributed by atoms with Gasteiger partial charge in [0, 0.05) is 58.8 Å². The molecule has 0 aliphatic carbocycles. The fraction of sp³-hybridized carbons (Fsp3) is 0.667. The second-order valence-electron chi connectivity index (χ2n) is 5.40. The molecule has 7 heteroatoms. The van der Waals surface area contributed by atoms with Gasteiger partial charge in [-0.3, -0.25) is 14.7 Å². The summed E-state index contributed by atoms with van der Waals surface area (Å²) in [7, 11) is 1.67. The van der Waals surface area contributed by atoms with Crippen LogP contribution in [0, 0.1) is 0 Å². The molecule has 1 N–H and O–H groups in total. The van der Waals surface area contributed by atoms with Gasteiger partial charge in [-0.05, 0) is 13.3 Å². The van der Waals surface area contributed by atoms with E-state index in [4.69, 9.17) is 4.74 Å². The highest BCUT2D eigenvalue weighted by Gasteiger charge is 2.25. The number of hydrogen-bond acceptors (Lipinski definition) is 6. The van der Waals surface area contributed by atoms with E-state index in [2.05, 4.69) is 25.1 Å². The number of anilines is 1. The van der Waals surface area contributed by atoms with Crippen LogP contribution >= 0.6 is 0 Å². The second kappa shape index (κ2) is 8.65. The van der Waals surface area contributed by atoms with Gasteiger partial charge in [-0.2, -0.15) is 0 Å². The first kappa shape index (κ1) is 16.6. The van der Waals surface area contributed by atoms with Crippen molar-refractivity contribution in [3.8, 4) is 0 Å². The number of carbonyl (C=O) groups excluding carboxylic acids is 1. The van der Waals surface area contributed by atoms with Crippen LogP contribution in [0.3, 0.4) is 0 Å². The fourth-order valence-corrected chi connectivity index (χ4v) is 2.53. The summed E-state index contributed by atoms with van der Waals surface area (Å²) in [5, 5.41) is 2.96. The van der Waals surface area contributed by atoms with Gasteiger partial charge in [0.1, 0.15) is 5.82 Å². The molecule has 122 valence electrons. The van der Waals surface area contributed by atoms with Crippen LogP contribution in [0.5, 0.6) is 0 Å². The first-order valence-electron chi connectivity index (χ1n) is 7.74. The summed E-state index contributed by atoms with van der Waals surface area (Å²) >= 11 is 0. The monoisotopic (exact) mass is 307 g/mol. The van der Waals surface area contributed by atoms with Gasteiger partial charge < -0.3 is 15.0 Å². The highest BCUT2D eigenvalue weighted by molar-refractivity contribution is 5.81. The van der Waals surface area contributed by atoms with Crippen LogP contribution < -0.4 is 10.2 Å². The van der Waals surface area contributed by atoms with Crippen LogP contribution in [0.15, 0.2) is 18.6 Å². The Morgan fingerprint density at radius 1 is 1.36 bits per heavy atom. The minimum atomic E-state index is -0.105. The number of nitrogens with zero attached hydrogens (tertiary/aromatic N) is 4. The van der Waals surface area contributed by atoms with Gasteiger partial charge in [0.2, 0.25) is 5.91 Å². The first-order chi connectivity index (χ1) is 10.7. The van der Waals surface area contributed by atoms with Crippen molar-refractivity contribution in [1.29, 1.82) is 0 Å². The van der Waals surface area contributed by atoms with Crippen molar-refractivity contribution in [3.63, 3.8) is 0 Å². The predicted octanol–water partition coefficient (Wildman–Crippen LogP) is 0.140. The van der Waals surface area contributed by atoms with Gasteiger partial charge in [0.05, 0.1) is 12.2 Å². The van der Waals surface area contributed by atoms with Crippen molar-refractivity contribution in [2.45, 2.75) is 19.4 Å². The Morgan fingerprint density at radius 3 is 2.77 bits per heavy atom. The average molecular weight is 307 g/mol. The van der Waals surface area contributed by atoms with Crippen molar-refractivity contribution in [2.75, 3.05) is 51.3 Å². The van der Waals surface area contributed by atoms with Crippen LogP contribution in [0.2, 0.25) is 0 Å². The number of nitrogens with one attached hydrogen (secondary N) is 1. The largest absolute Gasteiger partial charge is 0.385 e. The molecule has 2 heterocycles. The van der Waals surface area contributed by atoms with Crippen molar-refractivity contribution < 1.29 is 9.53 Å². The lowest BCUT2D eigenvalue weighted by atomic mass is 10.2. The molecule has 1 fully saturated rings. The quantitative estimate of drug-likeness (QED) is 0.723. The predicted molar refractivity (Wildman–Crippen MR) is 84.8 cm³/mol. The number of ether oxygens (including phenoxy) is 1. The normalized spacial score (nSPS) is 17.3. The molecule has 22 heavy (non-hydrogen) atoms. The molecule has 0 saturated carbocycles. The summed E-state index contributed by atoms with van der Waals surface area (Å²) in [4.78, 5) is 25.0. The fourth-order valence-electron chi connectivity index (χ4n) is 2.53. The van der Waals surface area contributed by atoms with E-state index in [0.717, 1.165) is 38.4 Å². The van der Waals surface area contributed by atoms with E-state index in [9.17, 15) is 4.79 Å². The van der Waals surface area contributed by atoms with Gasteiger partial charge >= 0.3 is 0 Å². The van der Waals surface area contributed by atoms with Crippen LogP contribution in [-0.4, -0.2) is 73.3 Å². The lowest BCUT2D eigenvalue weighted by Crippen LogP contribution is -2.54. The summed E-state index contributed by atoms with van der Waals surface area (Å²) in [5.41, 5.74) is 0. The highest BCUT2D eigenvalue weighted by atomic mass is 16.5. The minimum Gasteiger partial charge on any atom is -0.385 e. The van der Waals surface area contributed by atoms with E-state index in [1.165, 1.54) is 0 Å². The second-order valence-corrected chi connectivity index (χ2v) is 5.40. The van der Waals surface area contributed by atoms with E-state index in [1.807, 2.05) is 6.92 Å². The van der Waals surface area contributed by atoms with Gasteiger partial charge in [0.15, 0.2) is 0 Å². The van der Waals surface area contributed by atoms with Crippen LogP contribution in [0.25, 0.3) is 0 Å². The molecule has 0 unspecified atom stereocenters. The molecule has 1 saturated heterocycles. The average Bonchev–Trinajstić information content (AvgIpc) is 2.59. The van der Waals surface area contributed by atoms with Gasteiger partial charge in [-0.25, -0.2) is 4.98 Å². The number of methoxy groups -OCH3 is 1. The Labute approximate surface area is 131 Å². The van der Waals surface area contributed by atoms with Crippen molar-refractivity contribution >= 4 is 11.7 Å². The topological polar surface area (TPSA) is 70.6 Å². The molecule has 0 spiro atoms. The third-order valence-electron chi connectivity index (χ3n) is 3.94. The maximum absolute atomic E-state index is 12.1. The Kier molecular flexibility index (Phi) is 6.54. The lowest BCUT2D eigenvalue weighted by molar-refractivity contribution is -0.126. The molecule has 1 aromatic rings. The molecule has 0 bridgehead atoms. The minimum absolute atomic E-state index is 0.0871. The Morgan fingerprint density at radius 2 is 2.14 bits per heavy atom. The van der Waals surface area contributed by atoms with E-state index >= 15 is 0 Å². The Balaban J connectivity index is 1.75. The standard InChI is InChI=1S/C15H25N5O2/c1-13(15(21)18-4-3-11-22-2)19-7-9-20(10-8-19)14-12-16-5-6-17-14/h5-6,12-13H,3-4,7-11H2,1-2H3,(H,18,21)/t13-/m1/s1. The van der Waals surface area contributed by atoms with Gasteiger partial charge in [-0.1, -0.05) is 0 Å². The Bertz CT molecular complexity index is 449. The van der Waals surface area contributed by atoms with Gasteiger partial charge in [0.25, 0.3) is 0 Å². The third kappa shape index (κ3) is 4.64. The number of amides is 1. The maximum Gasteiger partial charge on any atom is 0.237 e. The van der Waals surface area contributed by atoms with Crippen molar-refractivity contribution in [2.24, 2.45) is 0 Å². The smallest absolute Gasteiger partial charge is 0.237 e. The molecule has 0 aromatic carbocycles. The number of rotatable bonds is 7. The molecule has 1 amide bonds. The van der Waals surface area contributed by atoms with E-state index in [-0.39, 0.29) is 11.9 Å². The van der Waals surface area contributed by atoms with Crippen LogP contribution in [0.1, 0.15) is 13.3 Å². The summed E-state index contributed by atoms with van der Waals surface area (Å²) in [6, 6.07) is -0.105. The van der Waals surface area contributed by atoms with E-state index < -0.39 is 0 Å². The Hall–Kier alpha value is -1.73. The summed E-state index contributed by atoms with van der Waals surface area (Å²) < 4.78 is 4.98. The molecule has 0 radical (unpaired) electrons. The molecule has 1 aliphatic rings. The summed E-state index contributed by atoms with van der Waals surface area (Å²) in [6.07, 6.45) is 6.00. The molecule has 1 aromatic heterocycles. The third-order valence-corrected chi connectivity index (χ3v) is 3.94.